The average Bonchev–Trinajstić information content (AvgIpc) is 3.18. The first-order valence-corrected chi connectivity index (χ1v) is 6.54. The van der Waals surface area contributed by atoms with E-state index >= 15 is 0 Å². The Bertz CT molecular complexity index is 461. The van der Waals surface area contributed by atoms with Crippen molar-refractivity contribution in [1.29, 1.82) is 0 Å². The van der Waals surface area contributed by atoms with Gasteiger partial charge in [-0.1, -0.05) is 18.9 Å². The van der Waals surface area contributed by atoms with Gasteiger partial charge in [0, 0.05) is 13.0 Å². The van der Waals surface area contributed by atoms with Gasteiger partial charge in [-0.2, -0.15) is 0 Å². The second-order valence-electron chi connectivity index (χ2n) is 5.06. The first-order valence-electron chi connectivity index (χ1n) is 6.54. The van der Waals surface area contributed by atoms with Gasteiger partial charge < -0.3 is 10.6 Å². The second-order valence-corrected chi connectivity index (χ2v) is 5.06. The molecule has 1 fully saturated rings. The van der Waals surface area contributed by atoms with E-state index in [1.807, 2.05) is 0 Å². The monoisotopic (exact) mass is 266 g/mol. The fourth-order valence-electron chi connectivity index (χ4n) is 1.97. The first-order chi connectivity index (χ1) is 9.06. The van der Waals surface area contributed by atoms with Crippen LogP contribution in [0.3, 0.4) is 0 Å². The Hall–Kier alpha value is -1.62. The van der Waals surface area contributed by atoms with Gasteiger partial charge in [-0.25, -0.2) is 9.87 Å². The summed E-state index contributed by atoms with van der Waals surface area (Å²) in [4.78, 5) is 15.3. The minimum Gasteiger partial charge on any atom is -0.344 e. The van der Waals surface area contributed by atoms with Crippen molar-refractivity contribution in [3.8, 4) is 0 Å². The van der Waals surface area contributed by atoms with Crippen molar-refractivity contribution >= 4 is 11.7 Å². The zero-order chi connectivity index (χ0) is 13.8. The van der Waals surface area contributed by atoms with Gasteiger partial charge in [0.25, 0.3) is 0 Å². The van der Waals surface area contributed by atoms with E-state index in [1.54, 1.807) is 12.1 Å². The molecule has 2 rings (SSSR count). The molecule has 1 saturated carbocycles. The summed E-state index contributed by atoms with van der Waals surface area (Å²) in [6.45, 7) is 1.25. The molecule has 1 unspecified atom stereocenters. The van der Waals surface area contributed by atoms with E-state index in [-0.39, 0.29) is 11.7 Å². The van der Waals surface area contributed by atoms with Crippen LogP contribution in [0.4, 0.5) is 10.1 Å². The van der Waals surface area contributed by atoms with E-state index < -0.39 is 11.8 Å². The number of halogens is 1. The lowest BCUT2D eigenvalue weighted by Gasteiger charge is -2.14. The number of carbonyl (C=O) groups is 1. The van der Waals surface area contributed by atoms with Crippen molar-refractivity contribution < 1.29 is 14.0 Å². The maximum absolute atomic E-state index is 13.5. The van der Waals surface area contributed by atoms with E-state index in [0.29, 0.717) is 0 Å². The predicted molar refractivity (Wildman–Crippen MR) is 70.7 cm³/mol. The van der Waals surface area contributed by atoms with Gasteiger partial charge in [-0.05, 0) is 36.5 Å². The molecule has 0 radical (unpaired) electrons. The summed E-state index contributed by atoms with van der Waals surface area (Å²) in [5.74, 6) is -0.174. The summed E-state index contributed by atoms with van der Waals surface area (Å²) in [6.07, 6.45) is 4.61. The maximum Gasteiger partial charge on any atom is 0.329 e. The van der Waals surface area contributed by atoms with E-state index in [1.165, 1.54) is 25.8 Å². The van der Waals surface area contributed by atoms with Crippen LogP contribution < -0.4 is 11.2 Å². The van der Waals surface area contributed by atoms with Crippen LogP contribution in [-0.2, 0) is 9.63 Å². The van der Waals surface area contributed by atoms with Crippen molar-refractivity contribution in [3.63, 3.8) is 0 Å². The standard InChI is InChI=1S/C14H19FN2O2/c1-9(18)19-17-14-8-11(5-6-12(14)15)13(16)7-4-10-2-3-10/h5-6,8,10,13,17H,2-4,7,16H2,1H3. The largest absolute Gasteiger partial charge is 0.344 e. The Morgan fingerprint density at radius 1 is 1.58 bits per heavy atom. The number of rotatable bonds is 6. The lowest BCUT2D eigenvalue weighted by Crippen LogP contribution is -2.12. The van der Waals surface area contributed by atoms with Gasteiger partial charge in [0.1, 0.15) is 11.5 Å². The highest BCUT2D eigenvalue weighted by Gasteiger charge is 2.22. The van der Waals surface area contributed by atoms with Crippen LogP contribution in [0, 0.1) is 11.7 Å². The van der Waals surface area contributed by atoms with Crippen molar-refractivity contribution in [2.75, 3.05) is 5.48 Å². The molecule has 0 spiro atoms. The van der Waals surface area contributed by atoms with Gasteiger partial charge >= 0.3 is 5.97 Å². The molecular formula is C14H19FN2O2. The number of benzene rings is 1. The quantitative estimate of drug-likeness (QED) is 0.777. The molecule has 1 aromatic rings. The summed E-state index contributed by atoms with van der Waals surface area (Å²) in [7, 11) is 0. The van der Waals surface area contributed by atoms with Crippen LogP contribution in [0.1, 0.15) is 44.2 Å². The van der Waals surface area contributed by atoms with E-state index in [0.717, 1.165) is 24.3 Å². The van der Waals surface area contributed by atoms with E-state index in [4.69, 9.17) is 5.73 Å². The normalized spacial score (nSPS) is 15.9. The first kappa shape index (κ1) is 13.8. The number of anilines is 1. The minimum absolute atomic E-state index is 0.112. The third-order valence-electron chi connectivity index (χ3n) is 3.31. The third kappa shape index (κ3) is 4.21. The Balaban J connectivity index is 1.98. The summed E-state index contributed by atoms with van der Waals surface area (Å²) < 4.78 is 13.5. The average molecular weight is 266 g/mol. The number of carbonyl (C=O) groups excluding carboxylic acids is 1. The molecule has 1 aliphatic carbocycles. The lowest BCUT2D eigenvalue weighted by molar-refractivity contribution is -0.138. The lowest BCUT2D eigenvalue weighted by atomic mass is 10.0. The van der Waals surface area contributed by atoms with Gasteiger partial charge in [0.2, 0.25) is 0 Å². The molecule has 19 heavy (non-hydrogen) atoms. The molecule has 0 heterocycles. The van der Waals surface area contributed by atoms with Crippen molar-refractivity contribution in [1.82, 2.24) is 0 Å². The fraction of sp³-hybridized carbons (Fsp3) is 0.500. The highest BCUT2D eigenvalue weighted by atomic mass is 19.1. The van der Waals surface area contributed by atoms with Crippen LogP contribution in [0.5, 0.6) is 0 Å². The molecule has 0 bridgehead atoms. The van der Waals surface area contributed by atoms with E-state index in [9.17, 15) is 9.18 Å². The van der Waals surface area contributed by atoms with Crippen molar-refractivity contribution in [3.05, 3.63) is 29.6 Å². The Kier molecular flexibility index (Phi) is 4.37. The molecule has 1 aromatic carbocycles. The van der Waals surface area contributed by atoms with Crippen LogP contribution in [-0.4, -0.2) is 5.97 Å². The molecule has 104 valence electrons. The molecule has 1 aliphatic rings. The molecule has 0 aliphatic heterocycles. The van der Waals surface area contributed by atoms with Crippen LogP contribution >= 0.6 is 0 Å². The topological polar surface area (TPSA) is 64.3 Å². The molecule has 1 atom stereocenters. The zero-order valence-corrected chi connectivity index (χ0v) is 11.0. The Labute approximate surface area is 112 Å². The van der Waals surface area contributed by atoms with E-state index in [2.05, 4.69) is 10.3 Å². The third-order valence-corrected chi connectivity index (χ3v) is 3.31. The number of hydrogen-bond acceptors (Lipinski definition) is 4. The highest BCUT2D eigenvalue weighted by Crippen LogP contribution is 2.35. The predicted octanol–water partition coefficient (Wildman–Crippen LogP) is 2.91. The summed E-state index contributed by atoms with van der Waals surface area (Å²) in [5, 5.41) is 0. The fourth-order valence-corrected chi connectivity index (χ4v) is 1.97. The smallest absolute Gasteiger partial charge is 0.329 e. The van der Waals surface area contributed by atoms with Gasteiger partial charge in [-0.15, -0.1) is 0 Å². The highest BCUT2D eigenvalue weighted by molar-refractivity contribution is 5.67. The van der Waals surface area contributed by atoms with Crippen molar-refractivity contribution in [2.45, 2.75) is 38.6 Å². The zero-order valence-electron chi connectivity index (χ0n) is 11.0. The SMILES string of the molecule is CC(=O)ONc1cc(C(N)CCC2CC2)ccc1F. The Morgan fingerprint density at radius 3 is 2.95 bits per heavy atom. The molecule has 0 aromatic heterocycles. The maximum atomic E-state index is 13.5. The van der Waals surface area contributed by atoms with Crippen LogP contribution in [0.25, 0.3) is 0 Å². The Morgan fingerprint density at radius 2 is 2.32 bits per heavy atom. The number of nitrogens with two attached hydrogens (primary N) is 1. The summed E-state index contributed by atoms with van der Waals surface area (Å²) >= 11 is 0. The van der Waals surface area contributed by atoms with Gasteiger partial charge in [0.15, 0.2) is 0 Å². The van der Waals surface area contributed by atoms with Crippen LogP contribution in [0.15, 0.2) is 18.2 Å². The van der Waals surface area contributed by atoms with Gasteiger partial charge in [0.05, 0.1) is 0 Å². The molecular weight excluding hydrogens is 247 g/mol. The molecule has 0 amide bonds. The summed E-state index contributed by atoms with van der Waals surface area (Å²) in [5.41, 5.74) is 9.37. The second kappa shape index (κ2) is 6.02. The molecule has 4 nitrogen and oxygen atoms in total. The van der Waals surface area contributed by atoms with Gasteiger partial charge in [-0.3, -0.25) is 4.79 Å². The number of hydrogen-bond donors (Lipinski definition) is 2. The summed E-state index contributed by atoms with van der Waals surface area (Å²) in [6, 6.07) is 4.49. The number of nitrogens with one attached hydrogen (secondary N) is 1. The molecule has 0 saturated heterocycles. The van der Waals surface area contributed by atoms with Crippen LogP contribution in [0.2, 0.25) is 0 Å². The molecule has 3 N–H and O–H groups in total. The van der Waals surface area contributed by atoms with Crippen molar-refractivity contribution in [2.24, 2.45) is 11.7 Å². The molecule has 5 heteroatoms. The minimum atomic E-state index is -0.525.